The third-order valence-corrected chi connectivity index (χ3v) is 2.68. The lowest BCUT2D eigenvalue weighted by Gasteiger charge is -2.22. The van der Waals surface area contributed by atoms with Crippen molar-refractivity contribution in [1.29, 1.82) is 0 Å². The molecule has 4 nitrogen and oxygen atoms in total. The van der Waals surface area contributed by atoms with Crippen LogP contribution in [0.5, 0.6) is 0 Å². The SMILES string of the molecule is CC(C)(C)OC(=O)Nc1ccc(C(C)(C)C)cc1C=O. The molecule has 1 N–H and O–H groups in total. The Morgan fingerprint density at radius 1 is 1.15 bits per heavy atom. The van der Waals surface area contributed by atoms with Gasteiger partial charge in [0.1, 0.15) is 5.60 Å². The molecule has 0 saturated heterocycles. The van der Waals surface area contributed by atoms with E-state index in [9.17, 15) is 9.59 Å². The zero-order valence-electron chi connectivity index (χ0n) is 13.0. The summed E-state index contributed by atoms with van der Waals surface area (Å²) in [6.45, 7) is 11.6. The van der Waals surface area contributed by atoms with Crippen LogP contribution in [0.15, 0.2) is 18.2 Å². The summed E-state index contributed by atoms with van der Waals surface area (Å²) in [6, 6.07) is 5.42. The fourth-order valence-electron chi connectivity index (χ4n) is 1.65. The topological polar surface area (TPSA) is 55.4 Å². The maximum absolute atomic E-state index is 11.7. The van der Waals surface area contributed by atoms with E-state index in [0.29, 0.717) is 11.3 Å². The molecule has 0 aliphatic heterocycles. The molecular formula is C16H23NO3. The number of hydrogen-bond acceptors (Lipinski definition) is 3. The van der Waals surface area contributed by atoms with Crippen molar-refractivity contribution in [2.45, 2.75) is 52.6 Å². The molecule has 1 aromatic carbocycles. The summed E-state index contributed by atoms with van der Waals surface area (Å²) in [6.07, 6.45) is 0.172. The predicted octanol–water partition coefficient (Wildman–Crippen LogP) is 4.14. The summed E-state index contributed by atoms with van der Waals surface area (Å²) >= 11 is 0. The van der Waals surface area contributed by atoms with Crippen molar-refractivity contribution >= 4 is 18.1 Å². The highest BCUT2D eigenvalue weighted by atomic mass is 16.6. The molecule has 4 heteroatoms. The van der Waals surface area contributed by atoms with Gasteiger partial charge in [0.15, 0.2) is 6.29 Å². The number of ether oxygens (including phenoxy) is 1. The molecule has 110 valence electrons. The van der Waals surface area contributed by atoms with Crippen LogP contribution in [-0.4, -0.2) is 18.0 Å². The Morgan fingerprint density at radius 2 is 1.75 bits per heavy atom. The van der Waals surface area contributed by atoms with Gasteiger partial charge in [-0.25, -0.2) is 4.79 Å². The van der Waals surface area contributed by atoms with Crippen LogP contribution in [-0.2, 0) is 10.2 Å². The van der Waals surface area contributed by atoms with Crippen molar-refractivity contribution in [3.63, 3.8) is 0 Å². The molecule has 1 aromatic rings. The number of rotatable bonds is 2. The van der Waals surface area contributed by atoms with Crippen LogP contribution < -0.4 is 5.32 Å². The highest BCUT2D eigenvalue weighted by molar-refractivity contribution is 5.93. The lowest BCUT2D eigenvalue weighted by Crippen LogP contribution is -2.27. The van der Waals surface area contributed by atoms with Gasteiger partial charge in [0, 0.05) is 5.56 Å². The Kier molecular flexibility index (Phi) is 4.58. The van der Waals surface area contributed by atoms with Crippen molar-refractivity contribution in [2.75, 3.05) is 5.32 Å². The van der Waals surface area contributed by atoms with Gasteiger partial charge < -0.3 is 4.74 Å². The number of carbonyl (C=O) groups excluding carboxylic acids is 2. The predicted molar refractivity (Wildman–Crippen MR) is 80.4 cm³/mol. The van der Waals surface area contributed by atoms with Crippen LogP contribution >= 0.6 is 0 Å². The molecule has 0 radical (unpaired) electrons. The van der Waals surface area contributed by atoms with Crippen molar-refractivity contribution in [2.24, 2.45) is 0 Å². The second-order valence-electron chi connectivity index (χ2n) is 6.80. The Labute approximate surface area is 120 Å². The van der Waals surface area contributed by atoms with E-state index in [0.717, 1.165) is 11.8 Å². The maximum atomic E-state index is 11.7. The number of hydrogen-bond donors (Lipinski definition) is 1. The van der Waals surface area contributed by atoms with E-state index >= 15 is 0 Å². The van der Waals surface area contributed by atoms with Gasteiger partial charge in [0.2, 0.25) is 0 Å². The fraction of sp³-hybridized carbons (Fsp3) is 0.500. The minimum atomic E-state index is -0.573. The van der Waals surface area contributed by atoms with E-state index in [1.807, 2.05) is 6.07 Å². The van der Waals surface area contributed by atoms with E-state index in [4.69, 9.17) is 4.74 Å². The normalized spacial score (nSPS) is 11.9. The molecule has 0 aliphatic rings. The number of aldehydes is 1. The Hall–Kier alpha value is -1.84. The minimum Gasteiger partial charge on any atom is -0.444 e. The molecule has 1 rings (SSSR count). The summed E-state index contributed by atoms with van der Waals surface area (Å²) in [4.78, 5) is 22.9. The summed E-state index contributed by atoms with van der Waals surface area (Å²) in [5.74, 6) is 0. The van der Waals surface area contributed by atoms with E-state index in [2.05, 4.69) is 26.1 Å². The molecule has 0 bridgehead atoms. The zero-order valence-corrected chi connectivity index (χ0v) is 13.0. The van der Waals surface area contributed by atoms with Gasteiger partial charge >= 0.3 is 6.09 Å². The van der Waals surface area contributed by atoms with E-state index in [-0.39, 0.29) is 5.41 Å². The van der Waals surface area contributed by atoms with Crippen molar-refractivity contribution < 1.29 is 14.3 Å². The van der Waals surface area contributed by atoms with Gasteiger partial charge in [0.05, 0.1) is 5.69 Å². The first-order chi connectivity index (χ1) is 9.03. The van der Waals surface area contributed by atoms with Crippen LogP contribution in [0.2, 0.25) is 0 Å². The van der Waals surface area contributed by atoms with Crippen LogP contribution in [0.3, 0.4) is 0 Å². The van der Waals surface area contributed by atoms with Gasteiger partial charge in [-0.15, -0.1) is 0 Å². The molecule has 1 amide bonds. The highest BCUT2D eigenvalue weighted by Gasteiger charge is 2.19. The first-order valence-electron chi connectivity index (χ1n) is 6.62. The first kappa shape index (κ1) is 16.2. The van der Waals surface area contributed by atoms with E-state index in [1.165, 1.54) is 0 Å². The van der Waals surface area contributed by atoms with Crippen molar-refractivity contribution in [3.05, 3.63) is 29.3 Å². The average Bonchev–Trinajstić information content (AvgIpc) is 2.25. The standard InChI is InChI=1S/C16H23NO3/c1-15(2,3)12-7-8-13(11(9-12)10-18)17-14(19)20-16(4,5)6/h7-10H,1-6H3,(H,17,19). The lowest BCUT2D eigenvalue weighted by atomic mass is 9.86. The number of carbonyl (C=O) groups is 2. The summed E-state index contributed by atoms with van der Waals surface area (Å²) in [5, 5.41) is 2.60. The van der Waals surface area contributed by atoms with E-state index < -0.39 is 11.7 Å². The van der Waals surface area contributed by atoms with Crippen LogP contribution in [0.25, 0.3) is 0 Å². The second kappa shape index (κ2) is 5.65. The highest BCUT2D eigenvalue weighted by Crippen LogP contribution is 2.26. The van der Waals surface area contributed by atoms with Gasteiger partial charge in [0.25, 0.3) is 0 Å². The quantitative estimate of drug-likeness (QED) is 0.826. The molecule has 0 atom stereocenters. The average molecular weight is 277 g/mol. The van der Waals surface area contributed by atoms with Crippen molar-refractivity contribution in [1.82, 2.24) is 0 Å². The van der Waals surface area contributed by atoms with Crippen LogP contribution in [0.1, 0.15) is 57.5 Å². The summed E-state index contributed by atoms with van der Waals surface area (Å²) < 4.78 is 5.17. The molecule has 0 fully saturated rings. The molecule has 0 saturated carbocycles. The third-order valence-electron chi connectivity index (χ3n) is 2.68. The van der Waals surface area contributed by atoms with Gasteiger partial charge in [-0.3, -0.25) is 10.1 Å². The third kappa shape index (κ3) is 4.68. The first-order valence-corrected chi connectivity index (χ1v) is 6.62. The smallest absolute Gasteiger partial charge is 0.412 e. The van der Waals surface area contributed by atoms with Crippen molar-refractivity contribution in [3.8, 4) is 0 Å². The number of anilines is 1. The van der Waals surface area contributed by atoms with Crippen LogP contribution in [0.4, 0.5) is 10.5 Å². The van der Waals surface area contributed by atoms with Gasteiger partial charge in [-0.1, -0.05) is 26.8 Å². The van der Waals surface area contributed by atoms with Gasteiger partial charge in [-0.2, -0.15) is 0 Å². The Bertz CT molecular complexity index is 507. The fourth-order valence-corrected chi connectivity index (χ4v) is 1.65. The lowest BCUT2D eigenvalue weighted by molar-refractivity contribution is 0.0636. The van der Waals surface area contributed by atoms with E-state index in [1.54, 1.807) is 32.9 Å². The molecule has 0 heterocycles. The Balaban J connectivity index is 2.97. The maximum Gasteiger partial charge on any atom is 0.412 e. The monoisotopic (exact) mass is 277 g/mol. The van der Waals surface area contributed by atoms with Crippen LogP contribution in [0, 0.1) is 0 Å². The number of nitrogens with one attached hydrogen (secondary N) is 1. The van der Waals surface area contributed by atoms with Gasteiger partial charge in [-0.05, 0) is 43.9 Å². The molecule has 0 aromatic heterocycles. The Morgan fingerprint density at radius 3 is 2.20 bits per heavy atom. The minimum absolute atomic E-state index is 0.0534. The molecule has 0 aliphatic carbocycles. The summed E-state index contributed by atoms with van der Waals surface area (Å²) in [7, 11) is 0. The largest absolute Gasteiger partial charge is 0.444 e. The molecule has 0 spiro atoms. The molecule has 0 unspecified atom stereocenters. The summed E-state index contributed by atoms with van der Waals surface area (Å²) in [5.41, 5.74) is 1.32. The molecular weight excluding hydrogens is 254 g/mol. The zero-order chi connectivity index (χ0) is 15.6. The second-order valence-corrected chi connectivity index (χ2v) is 6.80. The number of benzene rings is 1. The molecule has 20 heavy (non-hydrogen) atoms. The number of amides is 1.